The van der Waals surface area contributed by atoms with Crippen LogP contribution in [-0.4, -0.2) is 43.7 Å². The van der Waals surface area contributed by atoms with Crippen LogP contribution in [0.5, 0.6) is 0 Å². The minimum Gasteiger partial charge on any atom is -0.378 e. The van der Waals surface area contributed by atoms with Crippen LogP contribution in [0.2, 0.25) is 0 Å². The van der Waals surface area contributed by atoms with E-state index in [4.69, 9.17) is 4.74 Å². The Labute approximate surface area is 121 Å². The molecule has 1 N–H and O–H groups in total. The zero-order valence-corrected chi connectivity index (χ0v) is 12.2. The quantitative estimate of drug-likeness (QED) is 0.867. The number of anilines is 1. The molecule has 1 aliphatic rings. The Kier molecular flexibility index (Phi) is 5.87. The van der Waals surface area contributed by atoms with Crippen LogP contribution in [0.15, 0.2) is 24.3 Å². The SMILES string of the molecule is CCCCc1ccc(NCC(=O)N2CCOCC2)cc1. The summed E-state index contributed by atoms with van der Waals surface area (Å²) in [5, 5.41) is 3.19. The van der Waals surface area contributed by atoms with Crippen LogP contribution in [0.4, 0.5) is 5.69 Å². The predicted octanol–water partition coefficient (Wildman–Crippen LogP) is 2.30. The summed E-state index contributed by atoms with van der Waals surface area (Å²) in [5.74, 6) is 0.142. The van der Waals surface area contributed by atoms with Crippen molar-refractivity contribution in [1.82, 2.24) is 4.90 Å². The van der Waals surface area contributed by atoms with Crippen LogP contribution >= 0.6 is 0 Å². The van der Waals surface area contributed by atoms with Gasteiger partial charge in [-0.2, -0.15) is 0 Å². The van der Waals surface area contributed by atoms with Gasteiger partial charge >= 0.3 is 0 Å². The van der Waals surface area contributed by atoms with E-state index in [0.717, 1.165) is 12.1 Å². The fourth-order valence-electron chi connectivity index (χ4n) is 2.27. The number of hydrogen-bond donors (Lipinski definition) is 1. The van der Waals surface area contributed by atoms with Gasteiger partial charge < -0.3 is 15.0 Å². The number of carbonyl (C=O) groups is 1. The molecule has 0 atom stereocenters. The van der Waals surface area contributed by atoms with Crippen molar-refractivity contribution < 1.29 is 9.53 Å². The lowest BCUT2D eigenvalue weighted by Crippen LogP contribution is -2.43. The number of benzene rings is 1. The molecule has 1 fully saturated rings. The fourth-order valence-corrected chi connectivity index (χ4v) is 2.27. The average Bonchev–Trinajstić information content (AvgIpc) is 2.52. The summed E-state index contributed by atoms with van der Waals surface area (Å²) < 4.78 is 5.24. The molecule has 4 nitrogen and oxygen atoms in total. The molecule has 1 aromatic rings. The van der Waals surface area contributed by atoms with E-state index in [2.05, 4.69) is 36.5 Å². The smallest absolute Gasteiger partial charge is 0.242 e. The van der Waals surface area contributed by atoms with Gasteiger partial charge in [-0.3, -0.25) is 4.79 Å². The van der Waals surface area contributed by atoms with Gasteiger partial charge in [0, 0.05) is 18.8 Å². The molecular weight excluding hydrogens is 252 g/mol. The molecule has 1 aromatic carbocycles. The monoisotopic (exact) mass is 276 g/mol. The molecule has 0 saturated carbocycles. The molecular formula is C16H24N2O2. The predicted molar refractivity (Wildman–Crippen MR) is 80.9 cm³/mol. The molecule has 0 radical (unpaired) electrons. The molecule has 1 aliphatic heterocycles. The highest BCUT2D eigenvalue weighted by Gasteiger charge is 2.15. The number of hydrogen-bond acceptors (Lipinski definition) is 3. The number of ether oxygens (including phenoxy) is 1. The standard InChI is InChI=1S/C16H24N2O2/c1-2-3-4-14-5-7-15(8-6-14)17-13-16(19)18-9-11-20-12-10-18/h5-8,17H,2-4,9-13H2,1H3. The zero-order valence-electron chi connectivity index (χ0n) is 12.2. The van der Waals surface area contributed by atoms with Gasteiger partial charge in [0.2, 0.25) is 5.91 Å². The average molecular weight is 276 g/mol. The molecule has 20 heavy (non-hydrogen) atoms. The number of carbonyl (C=O) groups excluding carboxylic acids is 1. The Bertz CT molecular complexity index is 411. The summed E-state index contributed by atoms with van der Waals surface area (Å²) in [6, 6.07) is 8.38. The van der Waals surface area contributed by atoms with E-state index in [1.54, 1.807) is 0 Å². The maximum Gasteiger partial charge on any atom is 0.242 e. The van der Waals surface area contributed by atoms with Gasteiger partial charge in [-0.25, -0.2) is 0 Å². The van der Waals surface area contributed by atoms with E-state index in [1.165, 1.54) is 18.4 Å². The summed E-state index contributed by atoms with van der Waals surface area (Å²) in [4.78, 5) is 13.8. The third-order valence-electron chi connectivity index (χ3n) is 3.58. The first-order chi connectivity index (χ1) is 9.79. The van der Waals surface area contributed by atoms with Gasteiger partial charge in [-0.1, -0.05) is 25.5 Å². The summed E-state index contributed by atoms with van der Waals surface area (Å²) in [6.45, 7) is 5.27. The van der Waals surface area contributed by atoms with E-state index in [-0.39, 0.29) is 5.91 Å². The third kappa shape index (κ3) is 4.53. The Morgan fingerprint density at radius 2 is 1.95 bits per heavy atom. The lowest BCUT2D eigenvalue weighted by atomic mass is 10.1. The summed E-state index contributed by atoms with van der Waals surface area (Å²) >= 11 is 0. The van der Waals surface area contributed by atoms with Crippen molar-refractivity contribution in [3.63, 3.8) is 0 Å². The van der Waals surface area contributed by atoms with Crippen LogP contribution in [0, 0.1) is 0 Å². The molecule has 1 amide bonds. The first-order valence-corrected chi connectivity index (χ1v) is 7.48. The fraction of sp³-hybridized carbons (Fsp3) is 0.562. The number of rotatable bonds is 6. The Morgan fingerprint density at radius 3 is 2.60 bits per heavy atom. The Hall–Kier alpha value is -1.55. The number of aryl methyl sites for hydroxylation is 1. The van der Waals surface area contributed by atoms with E-state index in [9.17, 15) is 4.79 Å². The van der Waals surface area contributed by atoms with Crippen molar-refractivity contribution in [3.05, 3.63) is 29.8 Å². The maximum absolute atomic E-state index is 12.0. The molecule has 0 aliphatic carbocycles. The molecule has 0 aromatic heterocycles. The second kappa shape index (κ2) is 7.90. The van der Waals surface area contributed by atoms with Crippen LogP contribution in [-0.2, 0) is 16.0 Å². The van der Waals surface area contributed by atoms with Gasteiger partial charge in [0.25, 0.3) is 0 Å². The highest BCUT2D eigenvalue weighted by Crippen LogP contribution is 2.11. The second-order valence-electron chi connectivity index (χ2n) is 5.15. The third-order valence-corrected chi connectivity index (χ3v) is 3.58. The minimum absolute atomic E-state index is 0.142. The summed E-state index contributed by atoms with van der Waals surface area (Å²) in [7, 11) is 0. The van der Waals surface area contributed by atoms with Crippen LogP contribution in [0.1, 0.15) is 25.3 Å². The Balaban J connectivity index is 1.76. The molecule has 0 spiro atoms. The Morgan fingerprint density at radius 1 is 1.25 bits per heavy atom. The van der Waals surface area contributed by atoms with Gasteiger partial charge in [0.1, 0.15) is 0 Å². The van der Waals surface area contributed by atoms with Crippen molar-refractivity contribution in [2.75, 3.05) is 38.2 Å². The topological polar surface area (TPSA) is 41.6 Å². The van der Waals surface area contributed by atoms with E-state index in [1.807, 2.05) is 4.90 Å². The van der Waals surface area contributed by atoms with Gasteiger partial charge in [-0.05, 0) is 30.5 Å². The van der Waals surface area contributed by atoms with E-state index < -0.39 is 0 Å². The van der Waals surface area contributed by atoms with Crippen molar-refractivity contribution in [3.8, 4) is 0 Å². The molecule has 2 rings (SSSR count). The number of morpholine rings is 1. The summed E-state index contributed by atoms with van der Waals surface area (Å²) in [5.41, 5.74) is 2.36. The normalized spacial score (nSPS) is 15.2. The highest BCUT2D eigenvalue weighted by atomic mass is 16.5. The molecule has 110 valence electrons. The first kappa shape index (κ1) is 14.9. The molecule has 1 saturated heterocycles. The first-order valence-electron chi connectivity index (χ1n) is 7.48. The number of amides is 1. The van der Waals surface area contributed by atoms with Gasteiger partial charge in [0.15, 0.2) is 0 Å². The number of unbranched alkanes of at least 4 members (excludes halogenated alkanes) is 1. The largest absolute Gasteiger partial charge is 0.378 e. The second-order valence-corrected chi connectivity index (χ2v) is 5.15. The van der Waals surface area contributed by atoms with E-state index in [0.29, 0.717) is 32.8 Å². The summed E-state index contributed by atoms with van der Waals surface area (Å²) in [6.07, 6.45) is 3.57. The van der Waals surface area contributed by atoms with Crippen molar-refractivity contribution in [2.24, 2.45) is 0 Å². The lowest BCUT2D eigenvalue weighted by molar-refractivity contribution is -0.133. The van der Waals surface area contributed by atoms with Crippen molar-refractivity contribution in [2.45, 2.75) is 26.2 Å². The van der Waals surface area contributed by atoms with E-state index >= 15 is 0 Å². The lowest BCUT2D eigenvalue weighted by Gasteiger charge is -2.27. The molecule has 1 heterocycles. The zero-order chi connectivity index (χ0) is 14.2. The number of nitrogens with one attached hydrogen (secondary N) is 1. The number of nitrogens with zero attached hydrogens (tertiary/aromatic N) is 1. The minimum atomic E-state index is 0.142. The van der Waals surface area contributed by atoms with Crippen LogP contribution < -0.4 is 5.32 Å². The van der Waals surface area contributed by atoms with Crippen LogP contribution in [0.25, 0.3) is 0 Å². The molecule has 0 unspecified atom stereocenters. The van der Waals surface area contributed by atoms with Gasteiger partial charge in [0.05, 0.1) is 19.8 Å². The van der Waals surface area contributed by atoms with Crippen molar-refractivity contribution >= 4 is 11.6 Å². The van der Waals surface area contributed by atoms with Crippen LogP contribution in [0.3, 0.4) is 0 Å². The maximum atomic E-state index is 12.0. The molecule has 4 heteroatoms. The highest BCUT2D eigenvalue weighted by molar-refractivity contribution is 5.80. The molecule has 0 bridgehead atoms. The van der Waals surface area contributed by atoms with Gasteiger partial charge in [-0.15, -0.1) is 0 Å². The van der Waals surface area contributed by atoms with Crippen molar-refractivity contribution in [1.29, 1.82) is 0 Å².